The molecule has 0 aliphatic rings. The summed E-state index contributed by atoms with van der Waals surface area (Å²) < 4.78 is 5.19. The minimum absolute atomic E-state index is 0.160. The molecule has 0 saturated carbocycles. The van der Waals surface area contributed by atoms with Crippen LogP contribution < -0.4 is 11.1 Å². The van der Waals surface area contributed by atoms with Gasteiger partial charge in [0.25, 0.3) is 0 Å². The summed E-state index contributed by atoms with van der Waals surface area (Å²) in [6.45, 7) is 0. The van der Waals surface area contributed by atoms with Crippen LogP contribution in [0.5, 0.6) is 0 Å². The number of ether oxygens (including phenoxy) is 1. The third-order valence-electron chi connectivity index (χ3n) is 1.95. The first kappa shape index (κ1) is 14.8. The normalized spacial score (nSPS) is 9.89. The summed E-state index contributed by atoms with van der Waals surface area (Å²) in [7, 11) is 1.31. The van der Waals surface area contributed by atoms with E-state index in [1.54, 1.807) is 18.2 Å². The van der Waals surface area contributed by atoms with E-state index >= 15 is 0 Å². The first-order valence-electron chi connectivity index (χ1n) is 5.02. The number of nitrogens with one attached hydrogen (secondary N) is 1. The maximum absolute atomic E-state index is 11.6. The predicted molar refractivity (Wildman–Crippen MR) is 76.5 cm³/mol. The second-order valence-electron chi connectivity index (χ2n) is 3.36. The number of hydrogen-bond donors (Lipinski definition) is 2. The van der Waals surface area contributed by atoms with Gasteiger partial charge in [-0.15, -0.1) is 11.8 Å². The Labute approximate surface area is 118 Å². The van der Waals surface area contributed by atoms with Crippen LogP contribution in [0.4, 0.5) is 11.4 Å². The number of rotatable bonds is 5. The Morgan fingerprint density at radius 3 is 2.78 bits per heavy atom. The van der Waals surface area contributed by atoms with Gasteiger partial charge in [-0.3, -0.25) is 9.59 Å². The number of carbonyl (C=O) groups is 2. The minimum Gasteiger partial charge on any atom is -0.468 e. The average molecular weight is 333 g/mol. The van der Waals surface area contributed by atoms with Gasteiger partial charge in [-0.05, 0) is 34.1 Å². The lowest BCUT2D eigenvalue weighted by molar-refractivity contribution is -0.137. The Hall–Kier alpha value is -1.21. The number of amides is 1. The SMILES string of the molecule is COC(=O)CSCC(=O)Nc1ccc(N)cc1Br. The first-order chi connectivity index (χ1) is 8.52. The van der Waals surface area contributed by atoms with Gasteiger partial charge >= 0.3 is 5.97 Å². The third-order valence-corrected chi connectivity index (χ3v) is 3.51. The van der Waals surface area contributed by atoms with E-state index in [1.165, 1.54) is 18.9 Å². The molecule has 0 radical (unpaired) electrons. The van der Waals surface area contributed by atoms with Crippen molar-refractivity contribution in [2.75, 3.05) is 29.7 Å². The van der Waals surface area contributed by atoms with E-state index in [-0.39, 0.29) is 23.4 Å². The molecule has 1 amide bonds. The third kappa shape index (κ3) is 4.97. The van der Waals surface area contributed by atoms with Crippen LogP contribution in [0.15, 0.2) is 22.7 Å². The Balaban J connectivity index is 2.42. The fourth-order valence-corrected chi connectivity index (χ4v) is 2.24. The molecule has 7 heteroatoms. The van der Waals surface area contributed by atoms with Crippen LogP contribution in [0.2, 0.25) is 0 Å². The van der Waals surface area contributed by atoms with Gasteiger partial charge in [-0.2, -0.15) is 0 Å². The summed E-state index contributed by atoms with van der Waals surface area (Å²) >= 11 is 4.50. The summed E-state index contributed by atoms with van der Waals surface area (Å²) in [5, 5.41) is 2.71. The van der Waals surface area contributed by atoms with Gasteiger partial charge < -0.3 is 15.8 Å². The highest BCUT2D eigenvalue weighted by Crippen LogP contribution is 2.24. The molecule has 1 aromatic rings. The van der Waals surface area contributed by atoms with E-state index < -0.39 is 0 Å². The molecular formula is C11H13BrN2O3S. The number of methoxy groups -OCH3 is 1. The second kappa shape index (κ2) is 7.27. The van der Waals surface area contributed by atoms with Crippen molar-refractivity contribution in [3.05, 3.63) is 22.7 Å². The van der Waals surface area contributed by atoms with Crippen LogP contribution in [-0.4, -0.2) is 30.5 Å². The molecule has 98 valence electrons. The fraction of sp³-hybridized carbons (Fsp3) is 0.273. The van der Waals surface area contributed by atoms with Crippen LogP contribution in [0, 0.1) is 0 Å². The zero-order valence-electron chi connectivity index (χ0n) is 9.73. The van der Waals surface area contributed by atoms with E-state index in [0.29, 0.717) is 15.8 Å². The lowest BCUT2D eigenvalue weighted by Crippen LogP contribution is -2.16. The van der Waals surface area contributed by atoms with Gasteiger partial charge in [0.1, 0.15) is 0 Å². The van der Waals surface area contributed by atoms with Crippen molar-refractivity contribution in [2.24, 2.45) is 0 Å². The number of benzene rings is 1. The Morgan fingerprint density at radius 2 is 2.17 bits per heavy atom. The number of nitrogen functional groups attached to an aromatic ring is 1. The number of nitrogens with two attached hydrogens (primary N) is 1. The van der Waals surface area contributed by atoms with Crippen LogP contribution in [0.25, 0.3) is 0 Å². The smallest absolute Gasteiger partial charge is 0.315 e. The lowest BCUT2D eigenvalue weighted by Gasteiger charge is -2.07. The Bertz CT molecular complexity index is 454. The number of halogens is 1. The van der Waals surface area contributed by atoms with E-state index in [0.717, 1.165) is 0 Å². The van der Waals surface area contributed by atoms with E-state index in [4.69, 9.17) is 5.73 Å². The molecule has 18 heavy (non-hydrogen) atoms. The first-order valence-corrected chi connectivity index (χ1v) is 6.97. The number of thioether (sulfide) groups is 1. The molecule has 0 spiro atoms. The van der Waals surface area contributed by atoms with Gasteiger partial charge in [-0.25, -0.2) is 0 Å². The van der Waals surface area contributed by atoms with E-state index in [9.17, 15) is 9.59 Å². The molecule has 0 fully saturated rings. The predicted octanol–water partition coefficient (Wildman–Crippen LogP) is 1.88. The maximum Gasteiger partial charge on any atom is 0.315 e. The highest BCUT2D eigenvalue weighted by Gasteiger charge is 2.07. The van der Waals surface area contributed by atoms with Crippen molar-refractivity contribution in [2.45, 2.75) is 0 Å². The maximum atomic E-state index is 11.6. The molecule has 0 unspecified atom stereocenters. The van der Waals surface area contributed by atoms with Crippen LogP contribution in [0.3, 0.4) is 0 Å². The zero-order valence-corrected chi connectivity index (χ0v) is 12.1. The molecule has 0 aliphatic carbocycles. The molecule has 0 saturated heterocycles. The van der Waals surface area contributed by atoms with Gasteiger partial charge in [0.15, 0.2) is 0 Å². The van der Waals surface area contributed by atoms with Crippen molar-refractivity contribution >= 4 is 50.9 Å². The summed E-state index contributed by atoms with van der Waals surface area (Å²) in [4.78, 5) is 22.4. The van der Waals surface area contributed by atoms with Crippen molar-refractivity contribution in [1.82, 2.24) is 0 Å². The van der Waals surface area contributed by atoms with Crippen molar-refractivity contribution in [3.8, 4) is 0 Å². The number of anilines is 2. The van der Waals surface area contributed by atoms with Crippen LogP contribution in [0.1, 0.15) is 0 Å². The molecule has 0 aliphatic heterocycles. The quantitative estimate of drug-likeness (QED) is 0.635. The molecule has 5 nitrogen and oxygen atoms in total. The largest absolute Gasteiger partial charge is 0.468 e. The standard InChI is InChI=1S/C11H13BrN2O3S/c1-17-11(16)6-18-5-10(15)14-9-3-2-7(13)4-8(9)12/h2-4H,5-6,13H2,1H3,(H,14,15). The van der Waals surface area contributed by atoms with Gasteiger partial charge in [-0.1, -0.05) is 0 Å². The molecule has 1 aromatic carbocycles. The molecule has 0 atom stereocenters. The second-order valence-corrected chi connectivity index (χ2v) is 5.20. The Kier molecular flexibility index (Phi) is 6.00. The van der Waals surface area contributed by atoms with Gasteiger partial charge in [0.05, 0.1) is 24.3 Å². The van der Waals surface area contributed by atoms with Gasteiger partial charge in [0.2, 0.25) is 5.91 Å². The minimum atomic E-state index is -0.346. The van der Waals surface area contributed by atoms with Crippen LogP contribution >= 0.6 is 27.7 Å². The zero-order chi connectivity index (χ0) is 13.5. The molecular weight excluding hydrogens is 320 g/mol. The molecule has 0 heterocycles. The summed E-state index contributed by atoms with van der Waals surface area (Å²) in [6, 6.07) is 5.11. The van der Waals surface area contributed by atoms with Crippen molar-refractivity contribution in [3.63, 3.8) is 0 Å². The number of hydrogen-bond acceptors (Lipinski definition) is 5. The monoisotopic (exact) mass is 332 g/mol. The average Bonchev–Trinajstić information content (AvgIpc) is 2.32. The van der Waals surface area contributed by atoms with Crippen molar-refractivity contribution in [1.29, 1.82) is 0 Å². The molecule has 0 bridgehead atoms. The summed E-state index contributed by atoms with van der Waals surface area (Å²) in [5.41, 5.74) is 6.85. The summed E-state index contributed by atoms with van der Waals surface area (Å²) in [5.74, 6) is -0.186. The lowest BCUT2D eigenvalue weighted by atomic mass is 10.3. The molecule has 0 aromatic heterocycles. The molecule has 3 N–H and O–H groups in total. The van der Waals surface area contributed by atoms with Crippen molar-refractivity contribution < 1.29 is 14.3 Å². The summed E-state index contributed by atoms with van der Waals surface area (Å²) in [6.07, 6.45) is 0. The number of esters is 1. The fourth-order valence-electron chi connectivity index (χ4n) is 1.11. The highest BCUT2D eigenvalue weighted by molar-refractivity contribution is 9.10. The topological polar surface area (TPSA) is 81.4 Å². The van der Waals surface area contributed by atoms with Crippen LogP contribution in [-0.2, 0) is 14.3 Å². The Morgan fingerprint density at radius 1 is 1.44 bits per heavy atom. The van der Waals surface area contributed by atoms with E-state index in [1.807, 2.05) is 0 Å². The number of carbonyl (C=O) groups excluding carboxylic acids is 2. The van der Waals surface area contributed by atoms with E-state index in [2.05, 4.69) is 26.0 Å². The molecule has 1 rings (SSSR count). The highest BCUT2D eigenvalue weighted by atomic mass is 79.9. The van der Waals surface area contributed by atoms with Gasteiger partial charge in [0, 0.05) is 10.2 Å².